The fourth-order valence-corrected chi connectivity index (χ4v) is 0. The summed E-state index contributed by atoms with van der Waals surface area (Å²) in [5.41, 5.74) is -1.36. The summed E-state index contributed by atoms with van der Waals surface area (Å²) in [5, 5.41) is 7.18. The molecule has 56 valence electrons. The summed E-state index contributed by atoms with van der Waals surface area (Å²) in [6.07, 6.45) is 0. The zero-order valence-corrected chi connectivity index (χ0v) is 7.18. The fourth-order valence-electron chi connectivity index (χ4n) is 0. The number of rotatable bonds is 1. The van der Waals surface area contributed by atoms with Crippen molar-refractivity contribution in [2.24, 2.45) is 0 Å². The molecule has 0 aromatic carbocycles. The minimum atomic E-state index is -1.36. The lowest BCUT2D eigenvalue weighted by atomic mass is 10.9. The largest absolute Gasteiger partial charge is 0.469 e. The minimum Gasteiger partial charge on any atom is -0.469 e. The van der Waals surface area contributed by atoms with Gasteiger partial charge in [0.2, 0.25) is 0 Å². The summed E-state index contributed by atoms with van der Waals surface area (Å²) in [6.45, 7) is 0. The lowest BCUT2D eigenvalue weighted by molar-refractivity contribution is 0.220. The van der Waals surface area contributed by atoms with Crippen LogP contribution in [0.1, 0.15) is 0 Å². The summed E-state index contributed by atoms with van der Waals surface area (Å²) >= 11 is 19.5. The van der Waals surface area contributed by atoms with Gasteiger partial charge < -0.3 is 5.11 Å². The van der Waals surface area contributed by atoms with Gasteiger partial charge in [-0.1, -0.05) is 0 Å². The highest BCUT2D eigenvalue weighted by Gasteiger charge is 1.88. The van der Waals surface area contributed by atoms with E-state index in [-0.39, 0.29) is 0 Å². The van der Waals surface area contributed by atoms with Crippen LogP contribution in [0.3, 0.4) is 0 Å². The molecular weight excluding hydrogens is 210 g/mol. The van der Waals surface area contributed by atoms with E-state index in [1.165, 1.54) is 0 Å². The normalized spacial score (nSPS) is 8.11. The van der Waals surface area contributed by atoms with Gasteiger partial charge in [0.05, 0.1) is 5.88 Å². The predicted molar refractivity (Wildman–Crippen MR) is 40.1 cm³/mol. The monoisotopic (exact) mass is 212 g/mol. The molecule has 0 saturated heterocycles. The molecule has 0 bridgehead atoms. The quantitative estimate of drug-likeness (QED) is 0.538. The molecule has 9 heavy (non-hydrogen) atoms. The first-order chi connectivity index (χ1) is 4.00. The molecule has 6 heteroatoms. The molecule has 0 amide bonds. The van der Waals surface area contributed by atoms with Crippen molar-refractivity contribution >= 4 is 51.8 Å². The summed E-state index contributed by atoms with van der Waals surface area (Å²) in [7, 11) is 0. The van der Waals surface area contributed by atoms with E-state index in [9.17, 15) is 0 Å². The van der Waals surface area contributed by atoms with Crippen LogP contribution < -0.4 is 0 Å². The molecule has 0 radical (unpaired) electrons. The highest BCUT2D eigenvalue weighted by atomic mass is 35.5. The van der Waals surface area contributed by atoms with E-state index in [1.807, 2.05) is 0 Å². The van der Waals surface area contributed by atoms with Crippen molar-refractivity contribution in [3.05, 3.63) is 0 Å². The van der Waals surface area contributed by atoms with Crippen LogP contribution in [0.25, 0.3) is 0 Å². The molecule has 0 aromatic rings. The van der Waals surface area contributed by atoms with Gasteiger partial charge in [-0.15, -0.1) is 34.8 Å². The third-order valence-electron chi connectivity index (χ3n) is 0.117. The number of alkyl halides is 3. The predicted octanol–water partition coefficient (Wildman–Crippen LogP) is 2.93. The van der Waals surface area contributed by atoms with Crippen molar-refractivity contribution in [2.45, 2.75) is 4.84 Å². The number of hydrogen-bond donors (Lipinski definition) is 1. The summed E-state index contributed by atoms with van der Waals surface area (Å²) in [4.78, 5) is 8.36. The van der Waals surface area contributed by atoms with Crippen LogP contribution >= 0.6 is 46.4 Å². The van der Waals surface area contributed by atoms with Crippen LogP contribution in [-0.2, 0) is 0 Å². The second-order valence-corrected chi connectivity index (χ2v) is 2.71. The van der Waals surface area contributed by atoms with Gasteiger partial charge in [0.25, 0.3) is 0 Å². The molecule has 0 heterocycles. The van der Waals surface area contributed by atoms with E-state index in [1.54, 1.807) is 0 Å². The van der Waals surface area contributed by atoms with E-state index in [0.29, 0.717) is 5.88 Å². The molecule has 0 rings (SSSR count). The van der Waals surface area contributed by atoms with Crippen LogP contribution in [0, 0.1) is 0 Å². The van der Waals surface area contributed by atoms with Crippen molar-refractivity contribution in [2.75, 3.05) is 5.88 Å². The SMILES string of the molecule is ClCC(Cl)Cl.O=C(O)Cl. The van der Waals surface area contributed by atoms with Crippen LogP contribution in [0.2, 0.25) is 0 Å². The smallest absolute Gasteiger partial charge is 0.401 e. The van der Waals surface area contributed by atoms with Gasteiger partial charge in [-0.05, 0) is 0 Å². The van der Waals surface area contributed by atoms with Gasteiger partial charge in [0, 0.05) is 11.6 Å². The third kappa shape index (κ3) is 54.8. The van der Waals surface area contributed by atoms with Gasteiger partial charge in [-0.3, -0.25) is 0 Å². The average molecular weight is 214 g/mol. The summed E-state index contributed by atoms with van der Waals surface area (Å²) in [5.74, 6) is 0.309. The van der Waals surface area contributed by atoms with E-state index in [4.69, 9.17) is 44.7 Å². The van der Waals surface area contributed by atoms with Crippen LogP contribution in [0.15, 0.2) is 0 Å². The zero-order valence-electron chi connectivity index (χ0n) is 4.15. The lowest BCUT2D eigenvalue weighted by Crippen LogP contribution is -1.82. The number of hydrogen-bond acceptors (Lipinski definition) is 1. The Bertz CT molecular complexity index is 70.2. The Balaban J connectivity index is 0. The Labute approximate surface area is 72.6 Å². The first-order valence-corrected chi connectivity index (χ1v) is 3.51. The van der Waals surface area contributed by atoms with E-state index in [0.717, 1.165) is 0 Å². The van der Waals surface area contributed by atoms with Crippen LogP contribution in [0.5, 0.6) is 0 Å². The number of carboxylic acid groups (broad SMARTS) is 1. The van der Waals surface area contributed by atoms with Crippen molar-refractivity contribution in [3.8, 4) is 0 Å². The molecule has 0 atom stereocenters. The van der Waals surface area contributed by atoms with Crippen LogP contribution in [0.4, 0.5) is 4.79 Å². The molecule has 0 unspecified atom stereocenters. The summed E-state index contributed by atoms with van der Waals surface area (Å²) in [6, 6.07) is 0. The van der Waals surface area contributed by atoms with Gasteiger partial charge in [-0.25, -0.2) is 4.79 Å². The molecular formula is C3H4Cl4O2. The van der Waals surface area contributed by atoms with Gasteiger partial charge in [-0.2, -0.15) is 0 Å². The van der Waals surface area contributed by atoms with Crippen molar-refractivity contribution in [3.63, 3.8) is 0 Å². The first kappa shape index (κ1) is 12.3. The molecule has 0 aromatic heterocycles. The zero-order chi connectivity index (χ0) is 7.86. The van der Waals surface area contributed by atoms with Gasteiger partial charge in [0.15, 0.2) is 0 Å². The standard InChI is InChI=1S/C2H3Cl3.CHClO2/c3-1-2(4)5;2-1(3)4/h2H,1H2;(H,3,4). The van der Waals surface area contributed by atoms with Crippen molar-refractivity contribution in [1.29, 1.82) is 0 Å². The number of carbonyl (C=O) groups is 1. The van der Waals surface area contributed by atoms with E-state index in [2.05, 4.69) is 11.6 Å². The second-order valence-electron chi connectivity index (χ2n) is 0.798. The molecule has 0 aliphatic carbocycles. The average Bonchev–Trinajstić information content (AvgIpc) is 1.65. The molecule has 0 saturated carbocycles. The maximum Gasteiger partial charge on any atom is 0.401 e. The molecule has 1 N–H and O–H groups in total. The Kier molecular flexibility index (Phi) is 11.8. The Morgan fingerprint density at radius 2 is 1.67 bits per heavy atom. The van der Waals surface area contributed by atoms with Crippen molar-refractivity contribution < 1.29 is 9.90 Å². The highest BCUT2D eigenvalue weighted by Crippen LogP contribution is 2.01. The Hall–Kier alpha value is 0.630. The maximum absolute atomic E-state index is 8.77. The molecule has 0 aliphatic heterocycles. The lowest BCUT2D eigenvalue weighted by Gasteiger charge is -1.82. The number of halogens is 4. The van der Waals surface area contributed by atoms with E-state index < -0.39 is 10.3 Å². The second kappa shape index (κ2) is 8.63. The van der Waals surface area contributed by atoms with E-state index >= 15 is 0 Å². The van der Waals surface area contributed by atoms with Gasteiger partial charge >= 0.3 is 5.43 Å². The molecule has 0 aliphatic rings. The van der Waals surface area contributed by atoms with Crippen molar-refractivity contribution in [1.82, 2.24) is 0 Å². The Morgan fingerprint density at radius 1 is 1.56 bits per heavy atom. The third-order valence-corrected chi connectivity index (χ3v) is 1.05. The molecule has 2 nitrogen and oxygen atoms in total. The fraction of sp³-hybridized carbons (Fsp3) is 0.667. The van der Waals surface area contributed by atoms with Gasteiger partial charge in [0.1, 0.15) is 4.84 Å². The van der Waals surface area contributed by atoms with Crippen LogP contribution in [-0.4, -0.2) is 21.3 Å². The molecule has 0 spiro atoms. The Morgan fingerprint density at radius 3 is 1.67 bits per heavy atom. The maximum atomic E-state index is 8.77. The minimum absolute atomic E-state index is 0.309. The molecule has 0 fully saturated rings. The summed E-state index contributed by atoms with van der Waals surface area (Å²) < 4.78 is 0. The highest BCUT2D eigenvalue weighted by molar-refractivity contribution is 6.60. The first-order valence-electron chi connectivity index (χ1n) is 1.73. The topological polar surface area (TPSA) is 37.3 Å².